The van der Waals surface area contributed by atoms with Crippen LogP contribution in [0, 0.1) is 17.2 Å². The third-order valence-corrected chi connectivity index (χ3v) is 6.08. The largest absolute Gasteiger partial charge is 0.486 e. The Hall–Kier alpha value is -2.84. The Labute approximate surface area is 168 Å². The molecule has 2 amide bonds. The van der Waals surface area contributed by atoms with Gasteiger partial charge >= 0.3 is 0 Å². The lowest BCUT2D eigenvalue weighted by Crippen LogP contribution is -2.44. The van der Waals surface area contributed by atoms with E-state index in [0.717, 1.165) is 6.42 Å². The molecule has 2 aliphatic heterocycles. The highest BCUT2D eigenvalue weighted by Gasteiger charge is 2.28. The van der Waals surface area contributed by atoms with Gasteiger partial charge in [0, 0.05) is 12.5 Å². The number of amides is 2. The first-order valence-corrected chi connectivity index (χ1v) is 10.7. The van der Waals surface area contributed by atoms with Crippen LogP contribution in [-0.4, -0.2) is 52.6 Å². The summed E-state index contributed by atoms with van der Waals surface area (Å²) in [6.07, 6.45) is 1.64. The molecule has 2 heterocycles. The molecule has 1 saturated heterocycles. The van der Waals surface area contributed by atoms with Crippen molar-refractivity contribution in [3.05, 3.63) is 18.2 Å². The quantitative estimate of drug-likeness (QED) is 0.545. The third-order valence-electron chi connectivity index (χ3n) is 4.65. The number of nitriles is 1. The van der Waals surface area contributed by atoms with E-state index in [4.69, 9.17) is 9.47 Å². The summed E-state index contributed by atoms with van der Waals surface area (Å²) in [6.45, 7) is 0.597. The second kappa shape index (κ2) is 9.11. The summed E-state index contributed by atoms with van der Waals surface area (Å²) in [6, 6.07) is 5.53. The topological polar surface area (TPSA) is 147 Å². The van der Waals surface area contributed by atoms with Crippen LogP contribution in [0.15, 0.2) is 23.1 Å². The number of nitrogens with one attached hydrogen (secondary N) is 3. The summed E-state index contributed by atoms with van der Waals surface area (Å²) >= 11 is 0. The molecule has 0 aliphatic carbocycles. The molecule has 1 aromatic rings. The van der Waals surface area contributed by atoms with Crippen LogP contribution in [0.4, 0.5) is 0 Å². The average molecular weight is 422 g/mol. The van der Waals surface area contributed by atoms with E-state index in [1.165, 1.54) is 12.1 Å². The normalized spacial score (nSPS) is 19.6. The van der Waals surface area contributed by atoms with E-state index in [0.29, 0.717) is 25.3 Å². The smallest absolute Gasteiger partial charge is 0.244 e. The number of carbonyl (C=O) groups excluding carboxylic acids is 2. The molecule has 0 bridgehead atoms. The minimum Gasteiger partial charge on any atom is -0.486 e. The fourth-order valence-electron chi connectivity index (χ4n) is 3.23. The first kappa shape index (κ1) is 20.9. The van der Waals surface area contributed by atoms with Gasteiger partial charge in [0.25, 0.3) is 0 Å². The van der Waals surface area contributed by atoms with Crippen molar-refractivity contribution in [3.63, 3.8) is 0 Å². The van der Waals surface area contributed by atoms with Gasteiger partial charge in [-0.3, -0.25) is 9.59 Å². The number of fused-ring (bicyclic) bond motifs is 1. The molecule has 3 N–H and O–H groups in total. The fraction of sp³-hybridized carbons (Fsp3) is 0.500. The molecule has 3 rings (SSSR count). The van der Waals surface area contributed by atoms with Gasteiger partial charge in [0.2, 0.25) is 21.8 Å². The Morgan fingerprint density at radius 2 is 2.14 bits per heavy atom. The molecule has 156 valence electrons. The molecule has 0 radical (unpaired) electrons. The molecule has 2 atom stereocenters. The Morgan fingerprint density at radius 1 is 1.34 bits per heavy atom. The van der Waals surface area contributed by atoms with Crippen molar-refractivity contribution < 1.29 is 27.5 Å². The van der Waals surface area contributed by atoms with Crippen molar-refractivity contribution in [2.24, 2.45) is 5.92 Å². The van der Waals surface area contributed by atoms with Crippen LogP contribution in [0.5, 0.6) is 11.5 Å². The average Bonchev–Trinajstić information content (AvgIpc) is 2.73. The number of ether oxygens (including phenoxy) is 2. The molecule has 2 aliphatic rings. The minimum atomic E-state index is -4.04. The highest BCUT2D eigenvalue weighted by Crippen LogP contribution is 2.36. The minimum absolute atomic E-state index is 0.102. The summed E-state index contributed by atoms with van der Waals surface area (Å²) < 4.78 is 38.1. The van der Waals surface area contributed by atoms with Crippen LogP contribution >= 0.6 is 0 Å². The SMILES string of the molecule is N#C[C@H](C[C@@H]1CCCNC1=O)NC(=O)CNS(=O)(=O)c1cccc2c1OCCO2. The molecule has 0 unspecified atom stereocenters. The first-order chi connectivity index (χ1) is 13.9. The maximum absolute atomic E-state index is 12.6. The number of piperidine rings is 1. The predicted molar refractivity (Wildman–Crippen MR) is 101 cm³/mol. The Morgan fingerprint density at radius 3 is 2.90 bits per heavy atom. The number of para-hydroxylation sites is 1. The van der Waals surface area contributed by atoms with Gasteiger partial charge in [0.05, 0.1) is 12.6 Å². The van der Waals surface area contributed by atoms with Crippen LogP contribution in [-0.2, 0) is 19.6 Å². The zero-order valence-electron chi connectivity index (χ0n) is 15.6. The third kappa shape index (κ3) is 5.16. The molecule has 1 aromatic carbocycles. The van der Waals surface area contributed by atoms with Crippen molar-refractivity contribution in [2.45, 2.75) is 30.2 Å². The lowest BCUT2D eigenvalue weighted by molar-refractivity contribution is -0.127. The summed E-state index contributed by atoms with van der Waals surface area (Å²) in [5.74, 6) is -0.733. The molecule has 11 heteroatoms. The summed E-state index contributed by atoms with van der Waals surface area (Å²) in [4.78, 5) is 23.8. The van der Waals surface area contributed by atoms with Gasteiger partial charge in [-0.2, -0.15) is 5.26 Å². The fourth-order valence-corrected chi connectivity index (χ4v) is 4.37. The second-order valence-corrected chi connectivity index (χ2v) is 8.46. The number of rotatable bonds is 7. The maximum Gasteiger partial charge on any atom is 0.244 e. The summed E-state index contributed by atoms with van der Waals surface area (Å²) in [5.41, 5.74) is 0. The number of nitrogens with zero attached hydrogens (tertiary/aromatic N) is 1. The van der Waals surface area contributed by atoms with E-state index in [2.05, 4.69) is 15.4 Å². The van der Waals surface area contributed by atoms with E-state index in [1.807, 2.05) is 6.07 Å². The Kier molecular flexibility index (Phi) is 6.56. The summed E-state index contributed by atoms with van der Waals surface area (Å²) in [5, 5.41) is 14.5. The number of hydrogen-bond acceptors (Lipinski definition) is 7. The Balaban J connectivity index is 1.58. The second-order valence-electron chi connectivity index (χ2n) is 6.72. The summed E-state index contributed by atoms with van der Waals surface area (Å²) in [7, 11) is -4.04. The number of benzene rings is 1. The zero-order chi connectivity index (χ0) is 20.9. The first-order valence-electron chi connectivity index (χ1n) is 9.25. The van der Waals surface area contributed by atoms with E-state index in [1.54, 1.807) is 6.07 Å². The zero-order valence-corrected chi connectivity index (χ0v) is 16.5. The molecule has 10 nitrogen and oxygen atoms in total. The molecular formula is C18H22N4O6S. The van der Waals surface area contributed by atoms with Gasteiger partial charge in [0.15, 0.2) is 11.5 Å². The molecule has 29 heavy (non-hydrogen) atoms. The van der Waals surface area contributed by atoms with Crippen molar-refractivity contribution in [2.75, 3.05) is 26.3 Å². The van der Waals surface area contributed by atoms with Crippen molar-refractivity contribution in [1.82, 2.24) is 15.4 Å². The van der Waals surface area contributed by atoms with Crippen molar-refractivity contribution >= 4 is 21.8 Å². The highest BCUT2D eigenvalue weighted by atomic mass is 32.2. The van der Waals surface area contributed by atoms with Crippen LogP contribution < -0.4 is 24.8 Å². The maximum atomic E-state index is 12.6. The van der Waals surface area contributed by atoms with Crippen molar-refractivity contribution in [3.8, 4) is 17.6 Å². The number of hydrogen-bond donors (Lipinski definition) is 3. The van der Waals surface area contributed by atoms with E-state index in [9.17, 15) is 23.3 Å². The van der Waals surface area contributed by atoms with Crippen LogP contribution in [0.2, 0.25) is 0 Å². The molecule has 0 spiro atoms. The van der Waals surface area contributed by atoms with Gasteiger partial charge in [-0.05, 0) is 31.4 Å². The van der Waals surface area contributed by atoms with Crippen LogP contribution in [0.1, 0.15) is 19.3 Å². The van der Waals surface area contributed by atoms with Gasteiger partial charge in [-0.25, -0.2) is 13.1 Å². The predicted octanol–water partition coefficient (Wildman–Crippen LogP) is -0.339. The molecule has 0 saturated carbocycles. The van der Waals surface area contributed by atoms with E-state index in [-0.39, 0.29) is 35.5 Å². The standard InChI is InChI=1S/C18H22N4O6S/c19-10-13(9-12-3-2-6-20-18(12)24)22-16(23)11-21-29(25,26)15-5-1-4-14-17(15)28-8-7-27-14/h1,4-5,12-13,21H,2-3,6-9,11H2,(H,20,24)(H,22,23)/t12-,13-/m0/s1. The van der Waals surface area contributed by atoms with Gasteiger partial charge in [-0.15, -0.1) is 0 Å². The lowest BCUT2D eigenvalue weighted by atomic mass is 9.92. The molecular weight excluding hydrogens is 400 g/mol. The van der Waals surface area contributed by atoms with Gasteiger partial charge in [0.1, 0.15) is 24.2 Å². The van der Waals surface area contributed by atoms with Gasteiger partial charge in [-0.1, -0.05) is 6.07 Å². The highest BCUT2D eigenvalue weighted by molar-refractivity contribution is 7.89. The number of carbonyl (C=O) groups is 2. The van der Waals surface area contributed by atoms with E-state index >= 15 is 0 Å². The monoisotopic (exact) mass is 422 g/mol. The van der Waals surface area contributed by atoms with Crippen LogP contribution in [0.25, 0.3) is 0 Å². The molecule has 1 fully saturated rings. The lowest BCUT2D eigenvalue weighted by Gasteiger charge is -2.24. The van der Waals surface area contributed by atoms with Gasteiger partial charge < -0.3 is 20.1 Å². The van der Waals surface area contributed by atoms with Crippen molar-refractivity contribution in [1.29, 1.82) is 5.26 Å². The van der Waals surface area contributed by atoms with Crippen LogP contribution in [0.3, 0.4) is 0 Å². The van der Waals surface area contributed by atoms with E-state index < -0.39 is 28.5 Å². The number of sulfonamides is 1. The molecule has 0 aromatic heterocycles. The Bertz CT molecular complexity index is 927.